The van der Waals surface area contributed by atoms with Gasteiger partial charge in [0.05, 0.1) is 0 Å². The second-order valence-corrected chi connectivity index (χ2v) is 5.20. The Labute approximate surface area is 80.3 Å². The topological polar surface area (TPSA) is 58.2 Å². The highest BCUT2D eigenvalue weighted by Crippen LogP contribution is 2.00. The molecule has 0 saturated heterocycles. The molecule has 5 heteroatoms. The fraction of sp³-hybridized carbons (Fsp3) is 0.750. The smallest absolute Gasteiger partial charge is 0.201 e. The first-order valence-corrected chi connectivity index (χ1v) is 5.47. The molecule has 76 valence electrons. The normalized spacial score (nSPS) is 12.5. The zero-order valence-electron chi connectivity index (χ0n) is 8.22. The summed E-state index contributed by atoms with van der Waals surface area (Å²) in [6, 6.07) is 0. The molecule has 0 aliphatic rings. The van der Waals surface area contributed by atoms with Crippen LogP contribution in [0.1, 0.15) is 27.2 Å². The highest BCUT2D eigenvalue weighted by molar-refractivity contribution is 7.87. The van der Waals surface area contributed by atoms with Crippen LogP contribution >= 0.6 is 0 Å². The summed E-state index contributed by atoms with van der Waals surface area (Å²) in [5.74, 6) is 2.35. The van der Waals surface area contributed by atoms with Crippen molar-refractivity contribution in [2.75, 3.05) is 6.54 Å². The maximum Gasteiger partial charge on any atom is 0.277 e. The minimum atomic E-state index is -3.41. The van der Waals surface area contributed by atoms with Gasteiger partial charge >= 0.3 is 0 Å². The molecule has 0 bridgehead atoms. The molecule has 0 saturated carbocycles. The molecule has 13 heavy (non-hydrogen) atoms. The second-order valence-electron chi connectivity index (χ2n) is 3.70. The lowest BCUT2D eigenvalue weighted by Crippen LogP contribution is -2.47. The van der Waals surface area contributed by atoms with E-state index in [9.17, 15) is 8.42 Å². The van der Waals surface area contributed by atoms with E-state index in [2.05, 4.69) is 15.4 Å². The first-order valence-electron chi connectivity index (χ1n) is 3.99. The standard InChI is InChI=1S/C8H16N2O2S/c1-5-6-7-9-13(11,12)10-8(2,3)4/h1,9-10H,6-7H2,2-4H3. The molecule has 0 aliphatic heterocycles. The molecule has 4 nitrogen and oxygen atoms in total. The van der Waals surface area contributed by atoms with E-state index >= 15 is 0 Å². The summed E-state index contributed by atoms with van der Waals surface area (Å²) in [5.41, 5.74) is -0.470. The van der Waals surface area contributed by atoms with E-state index in [1.54, 1.807) is 20.8 Å². The Balaban J connectivity index is 4.05. The number of hydrogen-bond acceptors (Lipinski definition) is 2. The van der Waals surface area contributed by atoms with Crippen LogP contribution in [-0.2, 0) is 10.2 Å². The highest BCUT2D eigenvalue weighted by Gasteiger charge is 2.18. The molecule has 0 amide bonds. The molecule has 0 fully saturated rings. The van der Waals surface area contributed by atoms with E-state index in [-0.39, 0.29) is 6.54 Å². The minimum absolute atomic E-state index is 0.266. The van der Waals surface area contributed by atoms with Crippen LogP contribution in [0.25, 0.3) is 0 Å². The van der Waals surface area contributed by atoms with E-state index < -0.39 is 15.7 Å². The molecule has 0 aromatic carbocycles. The summed E-state index contributed by atoms with van der Waals surface area (Å²) in [6.45, 7) is 5.58. The van der Waals surface area contributed by atoms with Gasteiger partial charge in [-0.2, -0.15) is 13.1 Å². The van der Waals surface area contributed by atoms with Gasteiger partial charge in [-0.05, 0) is 20.8 Å². The Kier molecular flexibility index (Phi) is 4.40. The van der Waals surface area contributed by atoms with Crippen molar-refractivity contribution in [1.29, 1.82) is 0 Å². The SMILES string of the molecule is C#CCCNS(=O)(=O)NC(C)(C)C. The molecule has 0 aliphatic carbocycles. The van der Waals surface area contributed by atoms with Crippen LogP contribution < -0.4 is 9.44 Å². The Morgan fingerprint density at radius 3 is 2.31 bits per heavy atom. The Morgan fingerprint density at radius 1 is 1.38 bits per heavy atom. The van der Waals surface area contributed by atoms with Crippen molar-refractivity contribution < 1.29 is 8.42 Å². The first-order chi connectivity index (χ1) is 5.77. The second kappa shape index (κ2) is 4.61. The van der Waals surface area contributed by atoms with Crippen molar-refractivity contribution in [2.24, 2.45) is 0 Å². The van der Waals surface area contributed by atoms with Crippen LogP contribution in [0.5, 0.6) is 0 Å². The Bertz CT molecular complexity index is 282. The fourth-order valence-electron chi connectivity index (χ4n) is 0.697. The molecular weight excluding hydrogens is 188 g/mol. The maximum absolute atomic E-state index is 11.2. The average molecular weight is 204 g/mol. The van der Waals surface area contributed by atoms with E-state index in [1.807, 2.05) is 0 Å². The highest BCUT2D eigenvalue weighted by atomic mass is 32.2. The summed E-state index contributed by atoms with van der Waals surface area (Å²) in [6.07, 6.45) is 5.37. The number of nitrogens with one attached hydrogen (secondary N) is 2. The monoisotopic (exact) mass is 204 g/mol. The third-order valence-corrected chi connectivity index (χ3v) is 2.47. The van der Waals surface area contributed by atoms with Crippen LogP contribution in [0.2, 0.25) is 0 Å². The molecule has 0 aromatic rings. The Morgan fingerprint density at radius 2 is 1.92 bits per heavy atom. The van der Waals surface area contributed by atoms with Crippen LogP contribution in [0, 0.1) is 12.3 Å². The van der Waals surface area contributed by atoms with Gasteiger partial charge in [-0.1, -0.05) is 0 Å². The van der Waals surface area contributed by atoms with Crippen molar-refractivity contribution in [1.82, 2.24) is 9.44 Å². The van der Waals surface area contributed by atoms with Gasteiger partial charge in [-0.15, -0.1) is 12.3 Å². The van der Waals surface area contributed by atoms with Crippen molar-refractivity contribution in [3.8, 4) is 12.3 Å². The largest absolute Gasteiger partial charge is 0.277 e. The van der Waals surface area contributed by atoms with Crippen LogP contribution in [0.15, 0.2) is 0 Å². The molecule has 0 aromatic heterocycles. The molecule has 0 unspecified atom stereocenters. The van der Waals surface area contributed by atoms with Crippen LogP contribution in [-0.4, -0.2) is 20.5 Å². The van der Waals surface area contributed by atoms with Gasteiger partial charge in [0, 0.05) is 18.5 Å². The lowest BCUT2D eigenvalue weighted by atomic mass is 10.1. The molecular formula is C8H16N2O2S. The zero-order valence-corrected chi connectivity index (χ0v) is 9.03. The van der Waals surface area contributed by atoms with Gasteiger partial charge in [0.1, 0.15) is 0 Å². The van der Waals surface area contributed by atoms with Crippen molar-refractivity contribution in [2.45, 2.75) is 32.7 Å². The van der Waals surface area contributed by atoms with Crippen molar-refractivity contribution >= 4 is 10.2 Å². The summed E-state index contributed by atoms with van der Waals surface area (Å²) in [7, 11) is -3.41. The molecule has 2 N–H and O–H groups in total. The number of terminal acetylenes is 1. The minimum Gasteiger partial charge on any atom is -0.201 e. The predicted octanol–water partition coefficient (Wildman–Crippen LogP) is 0.232. The van der Waals surface area contributed by atoms with Gasteiger partial charge in [-0.3, -0.25) is 0 Å². The van der Waals surface area contributed by atoms with Gasteiger partial charge in [0.2, 0.25) is 0 Å². The quantitative estimate of drug-likeness (QED) is 0.509. The first kappa shape index (κ1) is 12.4. The molecule has 0 spiro atoms. The van der Waals surface area contributed by atoms with E-state index in [0.29, 0.717) is 6.42 Å². The average Bonchev–Trinajstić information content (AvgIpc) is 1.81. The number of hydrogen-bond donors (Lipinski definition) is 2. The molecule has 0 rings (SSSR count). The molecule has 0 atom stereocenters. The van der Waals surface area contributed by atoms with Crippen molar-refractivity contribution in [3.63, 3.8) is 0 Å². The van der Waals surface area contributed by atoms with E-state index in [4.69, 9.17) is 6.42 Å². The van der Waals surface area contributed by atoms with Gasteiger partial charge in [0.25, 0.3) is 10.2 Å². The fourth-order valence-corrected chi connectivity index (χ4v) is 1.95. The zero-order chi connectivity index (χ0) is 10.5. The molecule has 0 heterocycles. The summed E-state index contributed by atoms with van der Waals surface area (Å²) in [5, 5.41) is 0. The van der Waals surface area contributed by atoms with Gasteiger partial charge in [0.15, 0.2) is 0 Å². The third kappa shape index (κ3) is 7.78. The predicted molar refractivity (Wildman–Crippen MR) is 53.3 cm³/mol. The lowest BCUT2D eigenvalue weighted by molar-refractivity contribution is 0.484. The van der Waals surface area contributed by atoms with Crippen LogP contribution in [0.3, 0.4) is 0 Å². The molecule has 0 radical (unpaired) electrons. The van der Waals surface area contributed by atoms with Gasteiger partial charge in [-0.25, -0.2) is 4.72 Å². The number of rotatable bonds is 4. The summed E-state index contributed by atoms with van der Waals surface area (Å²) >= 11 is 0. The van der Waals surface area contributed by atoms with Gasteiger partial charge < -0.3 is 0 Å². The van der Waals surface area contributed by atoms with Crippen LogP contribution in [0.4, 0.5) is 0 Å². The van der Waals surface area contributed by atoms with E-state index in [1.165, 1.54) is 0 Å². The maximum atomic E-state index is 11.2. The van der Waals surface area contributed by atoms with Crippen molar-refractivity contribution in [3.05, 3.63) is 0 Å². The van der Waals surface area contributed by atoms with E-state index in [0.717, 1.165) is 0 Å². The Hall–Kier alpha value is -0.570. The third-order valence-electron chi connectivity index (χ3n) is 1.00. The summed E-state index contributed by atoms with van der Waals surface area (Å²) in [4.78, 5) is 0. The lowest BCUT2D eigenvalue weighted by Gasteiger charge is -2.20. The summed E-state index contributed by atoms with van der Waals surface area (Å²) < 4.78 is 27.2.